The lowest BCUT2D eigenvalue weighted by molar-refractivity contribution is -0.292. The maximum Gasteiger partial charge on any atom is 0.481 e. The third kappa shape index (κ3) is 6.60. The Morgan fingerprint density at radius 1 is 1.23 bits per heavy atom. The minimum absolute atomic E-state index is 0.0101. The Balaban J connectivity index is 1.46. The Kier molecular flexibility index (Phi) is 10.2. The first kappa shape index (κ1) is 34.0. The van der Waals surface area contributed by atoms with E-state index in [9.17, 15) is 39.9 Å². The average molecular weight is 674 g/mol. The van der Waals surface area contributed by atoms with Crippen LogP contribution in [0.3, 0.4) is 0 Å². The van der Waals surface area contributed by atoms with E-state index in [-0.39, 0.29) is 17.0 Å². The number of phosphoric acid groups is 1. The van der Waals surface area contributed by atoms with Crippen molar-refractivity contribution in [3.05, 3.63) is 6.33 Å². The van der Waals surface area contributed by atoms with Gasteiger partial charge < -0.3 is 64.9 Å². The summed E-state index contributed by atoms with van der Waals surface area (Å²) in [6.07, 6.45) is -9.64. The number of nitrogen functional groups attached to an aromatic ring is 1. The zero-order valence-electron chi connectivity index (χ0n) is 21.8. The third-order valence-electron chi connectivity index (χ3n) is 6.56. The van der Waals surface area contributed by atoms with Gasteiger partial charge in [-0.3, -0.25) is 4.52 Å². The number of phosphoric ester groups is 1. The van der Waals surface area contributed by atoms with Gasteiger partial charge in [0.1, 0.15) is 49.1 Å². The number of nitrogens with zero attached hydrogens (tertiary/aromatic N) is 5. The van der Waals surface area contributed by atoms with Crippen LogP contribution in [0.4, 0.5) is 5.82 Å². The normalized spacial score (nSPS) is 36.6. The quantitative estimate of drug-likeness (QED) is 0.0802. The first-order valence-corrected chi connectivity index (χ1v) is 16.1. The fourth-order valence-corrected chi connectivity index (χ4v) is 7.46. The van der Waals surface area contributed by atoms with Gasteiger partial charge in [-0.1, -0.05) is 11.1 Å². The van der Waals surface area contributed by atoms with Crippen LogP contribution >= 0.6 is 14.5 Å². The number of aromatic nitrogens is 5. The van der Waals surface area contributed by atoms with E-state index in [0.29, 0.717) is 0 Å². The van der Waals surface area contributed by atoms with Gasteiger partial charge in [0.15, 0.2) is 29.5 Å². The van der Waals surface area contributed by atoms with E-state index in [0.717, 1.165) is 11.0 Å². The predicted molar refractivity (Wildman–Crippen MR) is 140 cm³/mol. The Morgan fingerprint density at radius 3 is 2.56 bits per heavy atom. The van der Waals surface area contributed by atoms with Gasteiger partial charge in [0.05, 0.1) is 13.2 Å². The molecule has 10 N–H and O–H groups in total. The van der Waals surface area contributed by atoms with Gasteiger partial charge in [0.2, 0.25) is 5.60 Å². The summed E-state index contributed by atoms with van der Waals surface area (Å²) in [4.78, 5) is 28.5. The van der Waals surface area contributed by atoms with Crippen LogP contribution in [0, 0.1) is 12.3 Å². The summed E-state index contributed by atoms with van der Waals surface area (Å²) in [5.41, 5.74) is 4.01. The SMILES string of the molecule is C#C[C@@]1(OC)[C@H](O)[C@@H](COP(O)(=S)OP(=O)(O)OC2OC([C@@H](O)CO)C(O)C(O)C2O)O[C@H]1n1nnc2c(N)ncnc21. The number of fused-ring (bicyclic) bond motifs is 1. The van der Waals surface area contributed by atoms with Crippen molar-refractivity contribution in [2.45, 2.75) is 60.8 Å². The van der Waals surface area contributed by atoms with E-state index in [1.165, 1.54) is 7.11 Å². The van der Waals surface area contributed by atoms with Crippen LogP contribution in [0.5, 0.6) is 0 Å². The second-order valence-electron chi connectivity index (χ2n) is 9.19. The summed E-state index contributed by atoms with van der Waals surface area (Å²) in [7, 11) is -4.32. The summed E-state index contributed by atoms with van der Waals surface area (Å²) in [6, 6.07) is 0. The molecule has 0 bridgehead atoms. The molecule has 12 atom stereocenters. The fourth-order valence-electron chi connectivity index (χ4n) is 4.36. The van der Waals surface area contributed by atoms with Crippen LogP contribution in [0.15, 0.2) is 6.33 Å². The molecule has 4 heterocycles. The van der Waals surface area contributed by atoms with Crippen molar-refractivity contribution >= 4 is 43.3 Å². The van der Waals surface area contributed by atoms with Crippen LogP contribution in [-0.2, 0) is 43.9 Å². The van der Waals surface area contributed by atoms with Crippen molar-refractivity contribution in [3.63, 3.8) is 0 Å². The monoisotopic (exact) mass is 674 g/mol. The summed E-state index contributed by atoms with van der Waals surface area (Å²) in [6.45, 7) is -6.49. The number of nitrogens with two attached hydrogens (primary N) is 1. The smallest absolute Gasteiger partial charge is 0.394 e. The zero-order chi connectivity index (χ0) is 31.9. The summed E-state index contributed by atoms with van der Waals surface area (Å²) < 4.78 is 44.2. The first-order valence-electron chi connectivity index (χ1n) is 12.0. The van der Waals surface area contributed by atoms with Crippen molar-refractivity contribution in [1.29, 1.82) is 0 Å². The number of hydrogen-bond donors (Lipinski definition) is 9. The van der Waals surface area contributed by atoms with E-state index in [1.807, 2.05) is 0 Å². The lowest BCUT2D eigenvalue weighted by atomic mass is 9.95. The Bertz CT molecular complexity index is 1450. The molecule has 4 rings (SSSR count). The third-order valence-corrected chi connectivity index (χ3v) is 10.1. The first-order chi connectivity index (χ1) is 20.1. The number of hydrogen-bond acceptors (Lipinski definition) is 19. The molecule has 240 valence electrons. The highest BCUT2D eigenvalue weighted by molar-refractivity contribution is 8.08. The maximum absolute atomic E-state index is 12.6. The molecule has 0 aliphatic carbocycles. The van der Waals surface area contributed by atoms with Gasteiger partial charge in [-0.05, 0) is 11.8 Å². The largest absolute Gasteiger partial charge is 0.481 e. The minimum Gasteiger partial charge on any atom is -0.394 e. The molecule has 2 aromatic rings. The van der Waals surface area contributed by atoms with Crippen molar-refractivity contribution in [2.24, 2.45) is 0 Å². The van der Waals surface area contributed by atoms with Gasteiger partial charge in [-0.15, -0.1) is 11.5 Å². The molecule has 0 amide bonds. The predicted octanol–water partition coefficient (Wildman–Crippen LogP) is -4.39. The highest BCUT2D eigenvalue weighted by Crippen LogP contribution is 2.62. The topological polar surface area (TPSA) is 317 Å². The maximum atomic E-state index is 12.6. The van der Waals surface area contributed by atoms with Gasteiger partial charge in [-0.2, -0.15) is 4.68 Å². The number of aliphatic hydroxyl groups excluding tert-OH is 6. The zero-order valence-corrected chi connectivity index (χ0v) is 24.4. The second kappa shape index (κ2) is 12.9. The Morgan fingerprint density at radius 2 is 1.93 bits per heavy atom. The van der Waals surface area contributed by atoms with Crippen molar-refractivity contribution < 1.29 is 72.6 Å². The molecule has 2 saturated heterocycles. The number of aliphatic hydroxyl groups is 6. The lowest BCUT2D eigenvalue weighted by Crippen LogP contribution is -2.61. The van der Waals surface area contributed by atoms with Crippen LogP contribution in [0.2, 0.25) is 0 Å². The van der Waals surface area contributed by atoms with Crippen LogP contribution < -0.4 is 5.73 Å². The van der Waals surface area contributed by atoms with Crippen molar-refractivity contribution in [1.82, 2.24) is 25.0 Å². The minimum atomic E-state index is -5.49. The molecule has 2 aliphatic heterocycles. The van der Waals surface area contributed by atoms with E-state index in [2.05, 4.69) is 35.0 Å². The van der Waals surface area contributed by atoms with Gasteiger partial charge >= 0.3 is 14.5 Å². The molecule has 7 unspecified atom stereocenters. The number of methoxy groups -OCH3 is 1. The molecule has 0 spiro atoms. The van der Waals surface area contributed by atoms with Gasteiger partial charge in [-0.25, -0.2) is 18.8 Å². The highest BCUT2D eigenvalue weighted by atomic mass is 32.5. The molecular formula is C19H28N6O15P2S. The van der Waals surface area contributed by atoms with Crippen LogP contribution in [0.1, 0.15) is 6.23 Å². The number of rotatable bonds is 11. The Labute approximate surface area is 246 Å². The highest BCUT2D eigenvalue weighted by Gasteiger charge is 2.59. The van der Waals surface area contributed by atoms with Crippen molar-refractivity contribution in [3.8, 4) is 12.3 Å². The van der Waals surface area contributed by atoms with Gasteiger partial charge in [0, 0.05) is 7.11 Å². The molecule has 2 fully saturated rings. The van der Waals surface area contributed by atoms with E-state index >= 15 is 0 Å². The molecule has 43 heavy (non-hydrogen) atoms. The van der Waals surface area contributed by atoms with Crippen molar-refractivity contribution in [2.75, 3.05) is 26.1 Å². The standard InChI is InChI=1S/C19H28N6O15P2S/c1-3-19(35-2)14(31)8(37-18(19)25-16-9(23-24-25)15(20)21-6-22-16)5-36-42(34,43)40-41(32,33)39-17-12(30)10(28)11(29)13(38-17)7(27)4-26/h1,6-8,10-14,17-18,26-31H,4-5H2,2H3,(H,32,33)(H,34,43)(H2,20,21,22)/t7-,8+,10?,11?,12?,13?,14+,17?,18+,19+,42?/m0/s1. The molecule has 2 aliphatic rings. The summed E-state index contributed by atoms with van der Waals surface area (Å²) >= 11 is 4.77. The van der Waals surface area contributed by atoms with Crippen LogP contribution in [-0.4, -0.2) is 140 Å². The molecule has 0 radical (unpaired) electrons. The molecule has 0 saturated carbocycles. The van der Waals surface area contributed by atoms with E-state index in [4.69, 9.17) is 47.8 Å². The molecule has 21 nitrogen and oxygen atoms in total. The number of anilines is 1. The number of ether oxygens (including phenoxy) is 3. The fraction of sp³-hybridized carbons (Fsp3) is 0.684. The molecule has 0 aromatic carbocycles. The second-order valence-corrected chi connectivity index (χ2v) is 13.6. The molecule has 24 heteroatoms. The average Bonchev–Trinajstić information content (AvgIpc) is 3.50. The van der Waals surface area contributed by atoms with E-state index in [1.54, 1.807) is 0 Å². The summed E-state index contributed by atoms with van der Waals surface area (Å²) in [5, 5.41) is 67.7. The molecule has 2 aromatic heterocycles. The van der Waals surface area contributed by atoms with Crippen LogP contribution in [0.25, 0.3) is 11.2 Å². The van der Waals surface area contributed by atoms with E-state index < -0.39 is 88.6 Å². The summed E-state index contributed by atoms with van der Waals surface area (Å²) in [5.74, 6) is 2.28. The molecular weight excluding hydrogens is 646 g/mol. The lowest BCUT2D eigenvalue weighted by Gasteiger charge is -2.41. The number of terminal acetylenes is 1. The Hall–Kier alpha value is -1.84. The van der Waals surface area contributed by atoms with Gasteiger partial charge in [0.25, 0.3) is 0 Å².